The Bertz CT molecular complexity index is 1300. The second kappa shape index (κ2) is 11.5. The molecule has 0 bridgehead atoms. The van der Waals surface area contributed by atoms with Gasteiger partial charge in [0.1, 0.15) is 25.6 Å². The highest BCUT2D eigenvalue weighted by Crippen LogP contribution is 2.36. The largest absolute Gasteiger partial charge is 0.488 e. The number of nitrogens with two attached hydrogens (primary N) is 1. The van der Waals surface area contributed by atoms with Crippen molar-refractivity contribution in [1.82, 2.24) is 0 Å². The fraction of sp³-hybridized carbons (Fsp3) is 0.250. The standard InChI is InChI=1S/C28H28FNO5/c1-2-32-27(31)15-21-7-3-4-9-25(21)34-17-23-18-35-28-24(23)13-22(14-26(28)33-11-10-29)20-8-5-6-19(12-20)16-30/h3-9,12-14,18H,2,10-11,15-17,30H2,1H3. The van der Waals surface area contributed by atoms with Gasteiger partial charge in [-0.25, -0.2) is 4.39 Å². The van der Waals surface area contributed by atoms with Crippen molar-refractivity contribution in [2.45, 2.75) is 26.5 Å². The molecule has 0 radical (unpaired) electrons. The van der Waals surface area contributed by atoms with Gasteiger partial charge in [-0.2, -0.15) is 0 Å². The van der Waals surface area contributed by atoms with Gasteiger partial charge in [0.05, 0.1) is 19.3 Å². The number of carbonyl (C=O) groups is 1. The molecule has 2 N–H and O–H groups in total. The van der Waals surface area contributed by atoms with Crippen LogP contribution in [0.25, 0.3) is 22.1 Å². The average molecular weight is 478 g/mol. The molecule has 4 aromatic rings. The Morgan fingerprint density at radius 1 is 0.971 bits per heavy atom. The molecule has 35 heavy (non-hydrogen) atoms. The fourth-order valence-corrected chi connectivity index (χ4v) is 3.88. The quantitative estimate of drug-likeness (QED) is 0.284. The Morgan fingerprint density at radius 3 is 2.63 bits per heavy atom. The number of carbonyl (C=O) groups excluding carboxylic acids is 1. The van der Waals surface area contributed by atoms with Crippen LogP contribution < -0.4 is 15.2 Å². The first-order valence-corrected chi connectivity index (χ1v) is 11.5. The highest BCUT2D eigenvalue weighted by Gasteiger charge is 2.16. The molecule has 1 heterocycles. The minimum atomic E-state index is -0.609. The lowest BCUT2D eigenvalue weighted by Gasteiger charge is -2.12. The first-order chi connectivity index (χ1) is 17.1. The van der Waals surface area contributed by atoms with E-state index in [4.69, 9.17) is 24.4 Å². The number of rotatable bonds is 11. The van der Waals surface area contributed by atoms with Crippen LogP contribution in [0.3, 0.4) is 0 Å². The number of hydrogen-bond acceptors (Lipinski definition) is 6. The third-order valence-corrected chi connectivity index (χ3v) is 5.55. The van der Waals surface area contributed by atoms with Crippen molar-refractivity contribution < 1.29 is 27.8 Å². The van der Waals surface area contributed by atoms with Crippen molar-refractivity contribution in [3.05, 3.63) is 83.6 Å². The molecule has 0 spiro atoms. The molecule has 0 aliphatic heterocycles. The molecule has 6 nitrogen and oxygen atoms in total. The molecule has 0 aliphatic rings. The lowest BCUT2D eigenvalue weighted by molar-refractivity contribution is -0.142. The van der Waals surface area contributed by atoms with Crippen LogP contribution in [-0.2, 0) is 29.1 Å². The fourth-order valence-electron chi connectivity index (χ4n) is 3.88. The number of esters is 1. The van der Waals surface area contributed by atoms with Gasteiger partial charge >= 0.3 is 5.97 Å². The van der Waals surface area contributed by atoms with E-state index in [0.29, 0.717) is 30.2 Å². The monoisotopic (exact) mass is 477 g/mol. The van der Waals surface area contributed by atoms with E-state index in [0.717, 1.165) is 33.2 Å². The van der Waals surface area contributed by atoms with Gasteiger partial charge in [-0.1, -0.05) is 36.4 Å². The summed E-state index contributed by atoms with van der Waals surface area (Å²) in [6.45, 7) is 2.05. The molecule has 1 aromatic heterocycles. The molecular formula is C28H28FNO5. The minimum absolute atomic E-state index is 0.0742. The smallest absolute Gasteiger partial charge is 0.310 e. The summed E-state index contributed by atoms with van der Waals surface area (Å²) < 4.78 is 35.5. The van der Waals surface area contributed by atoms with Crippen LogP contribution in [0.4, 0.5) is 4.39 Å². The third kappa shape index (κ3) is 5.81. The Kier molecular flexibility index (Phi) is 8.00. The van der Waals surface area contributed by atoms with Crippen molar-refractivity contribution in [3.63, 3.8) is 0 Å². The molecule has 0 unspecified atom stereocenters. The number of furan rings is 1. The number of para-hydroxylation sites is 1. The van der Waals surface area contributed by atoms with Crippen LogP contribution in [0, 0.1) is 0 Å². The lowest BCUT2D eigenvalue weighted by Crippen LogP contribution is -2.09. The average Bonchev–Trinajstić information content (AvgIpc) is 3.30. The van der Waals surface area contributed by atoms with Gasteiger partial charge in [-0.05, 0) is 47.9 Å². The summed E-state index contributed by atoms with van der Waals surface area (Å²) in [4.78, 5) is 12.0. The Hall–Kier alpha value is -3.84. The summed E-state index contributed by atoms with van der Waals surface area (Å²) in [5.41, 5.74) is 10.7. The molecule has 0 fully saturated rings. The number of hydrogen-bond donors (Lipinski definition) is 1. The number of ether oxygens (including phenoxy) is 3. The van der Waals surface area contributed by atoms with E-state index in [1.165, 1.54) is 0 Å². The zero-order chi connectivity index (χ0) is 24.6. The molecule has 4 rings (SSSR count). The zero-order valence-electron chi connectivity index (χ0n) is 19.6. The van der Waals surface area contributed by atoms with Crippen LogP contribution >= 0.6 is 0 Å². The summed E-state index contributed by atoms with van der Waals surface area (Å²) in [7, 11) is 0. The van der Waals surface area contributed by atoms with E-state index < -0.39 is 6.67 Å². The van der Waals surface area contributed by atoms with Crippen LogP contribution in [0.15, 0.2) is 71.3 Å². The van der Waals surface area contributed by atoms with Crippen molar-refractivity contribution >= 4 is 16.9 Å². The normalized spacial score (nSPS) is 10.9. The van der Waals surface area contributed by atoms with Crippen LogP contribution in [0.2, 0.25) is 0 Å². The van der Waals surface area contributed by atoms with Crippen molar-refractivity contribution in [1.29, 1.82) is 0 Å². The van der Waals surface area contributed by atoms with E-state index in [-0.39, 0.29) is 25.6 Å². The summed E-state index contributed by atoms with van der Waals surface area (Å²) in [5, 5.41) is 0.803. The SMILES string of the molecule is CCOC(=O)Cc1ccccc1OCc1coc2c(OCCF)cc(-c3cccc(CN)c3)cc12. The zero-order valence-corrected chi connectivity index (χ0v) is 19.6. The summed E-state index contributed by atoms with van der Waals surface area (Å²) in [6, 6.07) is 19.1. The molecular weight excluding hydrogens is 449 g/mol. The van der Waals surface area contributed by atoms with Gasteiger partial charge in [-0.3, -0.25) is 4.79 Å². The maximum Gasteiger partial charge on any atom is 0.310 e. The van der Waals surface area contributed by atoms with Crippen molar-refractivity contribution in [3.8, 4) is 22.6 Å². The van der Waals surface area contributed by atoms with Crippen LogP contribution in [-0.4, -0.2) is 25.9 Å². The van der Waals surface area contributed by atoms with Gasteiger partial charge in [0.2, 0.25) is 0 Å². The second-order valence-electron chi connectivity index (χ2n) is 7.93. The number of alkyl halides is 1. The second-order valence-corrected chi connectivity index (χ2v) is 7.93. The molecule has 3 aromatic carbocycles. The van der Waals surface area contributed by atoms with Crippen molar-refractivity contribution in [2.24, 2.45) is 5.73 Å². The number of halogens is 1. The van der Waals surface area contributed by atoms with Crippen molar-refractivity contribution in [2.75, 3.05) is 19.9 Å². The van der Waals surface area contributed by atoms with E-state index in [1.54, 1.807) is 13.2 Å². The van der Waals surface area contributed by atoms with Gasteiger partial charge in [0.15, 0.2) is 11.3 Å². The van der Waals surface area contributed by atoms with Gasteiger partial charge < -0.3 is 24.4 Å². The molecule has 0 amide bonds. The van der Waals surface area contributed by atoms with E-state index >= 15 is 0 Å². The molecule has 0 saturated heterocycles. The van der Waals surface area contributed by atoms with Gasteiger partial charge in [0.25, 0.3) is 0 Å². The van der Waals surface area contributed by atoms with Crippen LogP contribution in [0.1, 0.15) is 23.6 Å². The number of fused-ring (bicyclic) bond motifs is 1. The molecule has 0 aliphatic carbocycles. The Balaban J connectivity index is 1.66. The summed E-state index contributed by atoms with van der Waals surface area (Å²) in [6.07, 6.45) is 1.74. The van der Waals surface area contributed by atoms with Gasteiger partial charge in [0, 0.05) is 23.1 Å². The Morgan fingerprint density at radius 2 is 1.83 bits per heavy atom. The topological polar surface area (TPSA) is 83.9 Å². The van der Waals surface area contributed by atoms with E-state index in [1.807, 2.05) is 60.7 Å². The maximum atomic E-state index is 12.9. The Labute approximate surface area is 203 Å². The third-order valence-electron chi connectivity index (χ3n) is 5.55. The van der Waals surface area contributed by atoms with Crippen LogP contribution in [0.5, 0.6) is 11.5 Å². The predicted octanol–water partition coefficient (Wildman–Crippen LogP) is 5.59. The van der Waals surface area contributed by atoms with E-state index in [9.17, 15) is 9.18 Å². The first-order valence-electron chi connectivity index (χ1n) is 11.5. The van der Waals surface area contributed by atoms with E-state index in [2.05, 4.69) is 0 Å². The lowest BCUT2D eigenvalue weighted by atomic mass is 10.00. The summed E-state index contributed by atoms with van der Waals surface area (Å²) in [5.74, 6) is 0.745. The number of benzene rings is 3. The molecule has 0 atom stereocenters. The molecule has 7 heteroatoms. The highest BCUT2D eigenvalue weighted by molar-refractivity contribution is 5.91. The molecule has 0 saturated carbocycles. The summed E-state index contributed by atoms with van der Waals surface area (Å²) >= 11 is 0. The first kappa shape index (κ1) is 24.3. The minimum Gasteiger partial charge on any atom is -0.488 e. The van der Waals surface area contributed by atoms with Gasteiger partial charge in [-0.15, -0.1) is 0 Å². The highest BCUT2D eigenvalue weighted by atomic mass is 19.1. The maximum absolute atomic E-state index is 12.9. The predicted molar refractivity (Wildman–Crippen MR) is 132 cm³/mol. The molecule has 182 valence electrons.